The van der Waals surface area contributed by atoms with Crippen molar-refractivity contribution in [3.63, 3.8) is 0 Å². The minimum Gasteiger partial charge on any atom is -0.494 e. The molecule has 44 heavy (non-hydrogen) atoms. The van der Waals surface area contributed by atoms with Crippen molar-refractivity contribution in [2.75, 3.05) is 46.0 Å². The minimum absolute atomic E-state index is 0.0268. The van der Waals surface area contributed by atoms with E-state index in [0.717, 1.165) is 34.3 Å². The molecule has 0 saturated carbocycles. The van der Waals surface area contributed by atoms with E-state index < -0.39 is 17.9 Å². The molecule has 2 aliphatic rings. The van der Waals surface area contributed by atoms with Crippen LogP contribution in [0.2, 0.25) is 5.02 Å². The van der Waals surface area contributed by atoms with Crippen molar-refractivity contribution in [1.29, 1.82) is 0 Å². The fourth-order valence-electron chi connectivity index (χ4n) is 6.35. The number of ether oxygens (including phenoxy) is 2. The maximum absolute atomic E-state index is 11.5. The van der Waals surface area contributed by atoms with Gasteiger partial charge in [-0.25, -0.2) is 4.90 Å². The molecular formula is C34H44ClN3O6. The Labute approximate surface area is 264 Å². The van der Waals surface area contributed by atoms with E-state index in [9.17, 15) is 20.4 Å². The third-order valence-electron chi connectivity index (χ3n) is 8.69. The summed E-state index contributed by atoms with van der Waals surface area (Å²) in [4.78, 5) is 7.49. The summed E-state index contributed by atoms with van der Waals surface area (Å²) < 4.78 is 12.1. The van der Waals surface area contributed by atoms with Crippen LogP contribution >= 0.6 is 11.6 Å². The average Bonchev–Trinajstić information content (AvgIpc) is 3.37. The molecule has 2 aromatic carbocycles. The number of aryl methyl sites for hydroxylation is 1. The predicted octanol–water partition coefficient (Wildman–Crippen LogP) is 4.29. The first-order valence-electron chi connectivity index (χ1n) is 15.3. The van der Waals surface area contributed by atoms with E-state index in [4.69, 9.17) is 21.1 Å². The maximum atomic E-state index is 11.5. The first-order chi connectivity index (χ1) is 21.2. The Morgan fingerprint density at radius 3 is 2.55 bits per heavy atom. The van der Waals surface area contributed by atoms with Gasteiger partial charge in [0.15, 0.2) is 0 Å². The molecule has 0 bridgehead atoms. The summed E-state index contributed by atoms with van der Waals surface area (Å²) in [6.45, 7) is 6.25. The lowest BCUT2D eigenvalue weighted by Gasteiger charge is -2.47. The second-order valence-corrected chi connectivity index (χ2v) is 12.5. The molecule has 5 rings (SSSR count). The van der Waals surface area contributed by atoms with Gasteiger partial charge in [-0.2, -0.15) is 0 Å². The van der Waals surface area contributed by atoms with Crippen LogP contribution < -0.4 is 4.74 Å². The van der Waals surface area contributed by atoms with Gasteiger partial charge in [0.25, 0.3) is 6.41 Å². The number of aromatic amines is 1. The molecule has 1 aliphatic carbocycles. The van der Waals surface area contributed by atoms with Crippen LogP contribution in [0.3, 0.4) is 0 Å². The van der Waals surface area contributed by atoms with Gasteiger partial charge in [0.1, 0.15) is 11.5 Å². The van der Waals surface area contributed by atoms with Crippen molar-refractivity contribution < 1.29 is 29.9 Å². The fraction of sp³-hybridized carbons (Fsp3) is 0.471. The number of allylic oxidation sites excluding steroid dienone is 2. The molecule has 0 spiro atoms. The number of hydrogen-bond donors (Lipinski definition) is 5. The Morgan fingerprint density at radius 2 is 1.86 bits per heavy atom. The van der Waals surface area contributed by atoms with Crippen molar-refractivity contribution in [3.8, 4) is 5.75 Å². The smallest absolute Gasteiger partial charge is 0.260 e. The molecule has 1 aliphatic heterocycles. The zero-order chi connectivity index (χ0) is 31.3. The van der Waals surface area contributed by atoms with E-state index in [0.29, 0.717) is 56.4 Å². The highest BCUT2D eigenvalue weighted by Crippen LogP contribution is 2.49. The lowest BCUT2D eigenvalue weighted by Crippen LogP contribution is -2.50. The van der Waals surface area contributed by atoms with Crippen LogP contribution in [-0.4, -0.2) is 93.7 Å². The van der Waals surface area contributed by atoms with Gasteiger partial charge in [-0.3, -0.25) is 4.90 Å². The molecule has 238 valence electrons. The normalized spacial score (nSPS) is 21.7. The second-order valence-electron chi connectivity index (χ2n) is 12.0. The van der Waals surface area contributed by atoms with Crippen LogP contribution in [0.5, 0.6) is 5.75 Å². The van der Waals surface area contributed by atoms with Crippen LogP contribution in [0.25, 0.3) is 10.9 Å². The van der Waals surface area contributed by atoms with E-state index in [2.05, 4.69) is 24.1 Å². The Bertz CT molecular complexity index is 1450. The summed E-state index contributed by atoms with van der Waals surface area (Å²) in [6.07, 6.45) is 6.22. The van der Waals surface area contributed by atoms with Crippen molar-refractivity contribution in [3.05, 3.63) is 88.3 Å². The van der Waals surface area contributed by atoms with E-state index in [1.54, 1.807) is 0 Å². The number of rotatable bonds is 14. The van der Waals surface area contributed by atoms with E-state index in [-0.39, 0.29) is 19.3 Å². The molecule has 3 unspecified atom stereocenters. The van der Waals surface area contributed by atoms with Crippen LogP contribution in [0.1, 0.15) is 42.6 Å². The highest BCUT2D eigenvalue weighted by Gasteiger charge is 2.45. The van der Waals surface area contributed by atoms with Crippen molar-refractivity contribution in [2.45, 2.75) is 51.7 Å². The highest BCUT2D eigenvalue weighted by atomic mass is 35.5. The van der Waals surface area contributed by atoms with Crippen LogP contribution in [-0.2, 0) is 11.2 Å². The molecule has 3 aromatic rings. The summed E-state index contributed by atoms with van der Waals surface area (Å²) in [5, 5.41) is 42.1. The molecule has 0 fully saturated rings. The Balaban J connectivity index is 1.32. The molecule has 0 radical (unpaired) electrons. The Morgan fingerprint density at radius 1 is 1.11 bits per heavy atom. The first-order valence-corrected chi connectivity index (χ1v) is 15.7. The number of aliphatic hydroxyl groups excluding tert-OH is 4. The number of benzene rings is 2. The molecule has 0 amide bonds. The monoisotopic (exact) mass is 625 g/mol. The van der Waals surface area contributed by atoms with Crippen LogP contribution in [0.4, 0.5) is 0 Å². The molecule has 10 heteroatoms. The second kappa shape index (κ2) is 14.5. The molecule has 9 nitrogen and oxygen atoms in total. The molecule has 5 N–H and O–H groups in total. The summed E-state index contributed by atoms with van der Waals surface area (Å²) >= 11 is 6.39. The molecular weight excluding hydrogens is 582 g/mol. The average molecular weight is 626 g/mol. The molecule has 4 atom stereocenters. The number of nitrogens with zero attached hydrogens (tertiary/aromatic N) is 2. The lowest BCUT2D eigenvalue weighted by atomic mass is 9.72. The molecule has 0 saturated heterocycles. The molecule has 2 heterocycles. The third kappa shape index (κ3) is 7.49. The standard InChI is InChI=1S/C34H44ClN3O6/c1-23-3-6-27(7-4-23)44-33(42)38-15-11-28-29-21-24(35)5-8-30(29)36-31(28)32(38)34(2)13-9-26(10-14-34)43-20-12-25(41)22-37(16-18-39)17-19-40/h3-10,13,21,25,32-33,36,39-42H,11-12,14-20,22H2,1-2H3/t25?,32-,33?,34?/m1/s1. The van der Waals surface area contributed by atoms with Gasteiger partial charge in [-0.05, 0) is 67.8 Å². The Kier molecular flexibility index (Phi) is 10.7. The number of aliphatic hydroxyl groups is 4. The van der Waals surface area contributed by atoms with Crippen LogP contribution in [0, 0.1) is 12.3 Å². The van der Waals surface area contributed by atoms with Crippen molar-refractivity contribution >= 4 is 22.5 Å². The number of nitrogens with one attached hydrogen (secondary N) is 1. The van der Waals surface area contributed by atoms with Crippen molar-refractivity contribution in [1.82, 2.24) is 14.8 Å². The minimum atomic E-state index is -1.16. The van der Waals surface area contributed by atoms with Gasteiger partial charge in [0.2, 0.25) is 0 Å². The van der Waals surface area contributed by atoms with Gasteiger partial charge < -0.3 is 34.9 Å². The van der Waals surface area contributed by atoms with E-state index in [1.807, 2.05) is 65.3 Å². The summed E-state index contributed by atoms with van der Waals surface area (Å²) in [5.74, 6) is 1.34. The SMILES string of the molecule is Cc1ccc(OC(O)N2CCc3c([nH]c4ccc(Cl)cc34)[C@@H]2C2(C)C=CC(OCCC(O)CN(CCO)CCO)=CC2)cc1. The van der Waals surface area contributed by atoms with Gasteiger partial charge in [0, 0.05) is 59.6 Å². The van der Waals surface area contributed by atoms with Gasteiger partial charge >= 0.3 is 0 Å². The van der Waals surface area contributed by atoms with Gasteiger partial charge in [-0.1, -0.05) is 42.3 Å². The quantitative estimate of drug-likeness (QED) is 0.168. The number of fused-ring (bicyclic) bond motifs is 3. The van der Waals surface area contributed by atoms with Crippen molar-refractivity contribution in [2.24, 2.45) is 5.41 Å². The summed E-state index contributed by atoms with van der Waals surface area (Å²) in [7, 11) is 0. The number of H-pyrrole nitrogens is 1. The zero-order valence-electron chi connectivity index (χ0n) is 25.5. The third-order valence-corrected chi connectivity index (χ3v) is 8.92. The first kappa shape index (κ1) is 32.5. The van der Waals surface area contributed by atoms with E-state index >= 15 is 0 Å². The number of hydrogen-bond acceptors (Lipinski definition) is 8. The van der Waals surface area contributed by atoms with Gasteiger partial charge in [-0.15, -0.1) is 0 Å². The number of aromatic nitrogens is 1. The summed E-state index contributed by atoms with van der Waals surface area (Å²) in [6, 6.07) is 13.3. The summed E-state index contributed by atoms with van der Waals surface area (Å²) in [5.41, 5.74) is 3.98. The maximum Gasteiger partial charge on any atom is 0.260 e. The predicted molar refractivity (Wildman–Crippen MR) is 171 cm³/mol. The molecule has 1 aromatic heterocycles. The van der Waals surface area contributed by atoms with Crippen LogP contribution in [0.15, 0.2) is 66.5 Å². The zero-order valence-corrected chi connectivity index (χ0v) is 26.2. The highest BCUT2D eigenvalue weighted by molar-refractivity contribution is 6.31. The Hall–Kier alpha value is -2.89. The number of halogens is 1. The van der Waals surface area contributed by atoms with E-state index in [1.165, 1.54) is 5.56 Å². The topological polar surface area (TPSA) is 122 Å². The lowest BCUT2D eigenvalue weighted by molar-refractivity contribution is -0.169. The fourth-order valence-corrected chi connectivity index (χ4v) is 6.52. The largest absolute Gasteiger partial charge is 0.494 e. The van der Waals surface area contributed by atoms with Gasteiger partial charge in [0.05, 0.1) is 32.0 Å².